The van der Waals surface area contributed by atoms with E-state index in [-0.39, 0.29) is 5.69 Å². The van der Waals surface area contributed by atoms with Crippen LogP contribution in [0.4, 0.5) is 5.69 Å². The van der Waals surface area contributed by atoms with E-state index in [1.807, 2.05) is 32.0 Å². The molecule has 100 valence electrons. The lowest BCUT2D eigenvalue weighted by atomic mass is 10.1. The first kappa shape index (κ1) is 13.1. The fraction of sp³-hybridized carbons (Fsp3) is 0.308. The largest absolute Gasteiger partial charge is 0.440 e. The van der Waals surface area contributed by atoms with E-state index >= 15 is 0 Å². The molecule has 0 aliphatic rings. The van der Waals surface area contributed by atoms with Crippen LogP contribution in [0.5, 0.6) is 0 Å². The Kier molecular flexibility index (Phi) is 3.50. The molecule has 6 heteroatoms. The van der Waals surface area contributed by atoms with Crippen LogP contribution in [0.25, 0.3) is 0 Å². The number of aromatic amines is 1. The molecule has 1 amide bonds. The number of carbonyl (C=O) groups is 1. The number of para-hydroxylation sites is 1. The second-order valence-electron chi connectivity index (χ2n) is 4.31. The van der Waals surface area contributed by atoms with E-state index < -0.39 is 11.5 Å². The van der Waals surface area contributed by atoms with Gasteiger partial charge in [-0.3, -0.25) is 9.32 Å². The zero-order chi connectivity index (χ0) is 14.0. The van der Waals surface area contributed by atoms with Crippen molar-refractivity contribution in [3.63, 3.8) is 0 Å². The minimum absolute atomic E-state index is 0.0645. The Hall–Kier alpha value is -2.37. The molecule has 1 aromatic heterocycles. The minimum Gasteiger partial charge on any atom is -0.316 e. The van der Waals surface area contributed by atoms with Gasteiger partial charge in [-0.2, -0.15) is 0 Å². The molecule has 0 spiro atoms. The summed E-state index contributed by atoms with van der Waals surface area (Å²) >= 11 is 0. The zero-order valence-electron chi connectivity index (χ0n) is 11.1. The van der Waals surface area contributed by atoms with E-state index in [1.54, 1.807) is 7.05 Å². The Morgan fingerprint density at radius 1 is 1.47 bits per heavy atom. The van der Waals surface area contributed by atoms with Gasteiger partial charge in [0.1, 0.15) is 0 Å². The van der Waals surface area contributed by atoms with Crippen molar-refractivity contribution in [2.24, 2.45) is 7.05 Å². The summed E-state index contributed by atoms with van der Waals surface area (Å²) in [6.07, 6.45) is 0.797. The molecule has 0 saturated carbocycles. The predicted molar refractivity (Wildman–Crippen MR) is 69.0 cm³/mol. The van der Waals surface area contributed by atoms with Gasteiger partial charge < -0.3 is 5.32 Å². The number of anilines is 1. The summed E-state index contributed by atoms with van der Waals surface area (Å²) < 4.78 is 5.81. The first-order valence-electron chi connectivity index (χ1n) is 6.02. The average Bonchev–Trinajstić information content (AvgIpc) is 2.71. The zero-order valence-corrected chi connectivity index (χ0v) is 11.1. The topological polar surface area (TPSA) is 79.0 Å². The number of aromatic nitrogens is 2. The quantitative estimate of drug-likeness (QED) is 0.807. The smallest absolute Gasteiger partial charge is 0.316 e. The molecular weight excluding hydrogens is 246 g/mol. The van der Waals surface area contributed by atoms with Crippen molar-refractivity contribution in [2.45, 2.75) is 20.3 Å². The fourth-order valence-electron chi connectivity index (χ4n) is 1.96. The third-order valence-corrected chi connectivity index (χ3v) is 3.00. The predicted octanol–water partition coefficient (Wildman–Crippen LogP) is 0.916. The van der Waals surface area contributed by atoms with Gasteiger partial charge in [0.15, 0.2) is 7.05 Å². The Morgan fingerprint density at radius 3 is 2.79 bits per heavy atom. The van der Waals surface area contributed by atoms with Crippen LogP contribution < -0.4 is 15.6 Å². The number of hydrogen-bond acceptors (Lipinski definition) is 3. The molecule has 2 aromatic rings. The van der Waals surface area contributed by atoms with Gasteiger partial charge in [0, 0.05) is 5.69 Å². The Labute approximate surface area is 110 Å². The third-order valence-electron chi connectivity index (χ3n) is 3.00. The Balaban J connectivity index is 2.37. The number of aryl methyl sites for hydroxylation is 3. The molecule has 0 unspecified atom stereocenters. The molecule has 0 saturated heterocycles. The van der Waals surface area contributed by atoms with Crippen LogP contribution in [-0.2, 0) is 13.5 Å². The van der Waals surface area contributed by atoms with Crippen molar-refractivity contribution in [1.29, 1.82) is 0 Å². The lowest BCUT2D eigenvalue weighted by Crippen LogP contribution is -2.41. The molecule has 2 rings (SSSR count). The second kappa shape index (κ2) is 5.09. The van der Waals surface area contributed by atoms with Gasteiger partial charge >= 0.3 is 17.2 Å². The SMILES string of the molecule is CCc1cccc(C)c1NC(=O)c1c(=O)o[nH][n+]1C. The van der Waals surface area contributed by atoms with Gasteiger partial charge in [0.2, 0.25) is 0 Å². The number of nitrogens with one attached hydrogen (secondary N) is 2. The van der Waals surface area contributed by atoms with Gasteiger partial charge in [-0.15, -0.1) is 0 Å². The number of rotatable bonds is 3. The average molecular weight is 262 g/mol. The van der Waals surface area contributed by atoms with Crippen molar-refractivity contribution in [3.8, 4) is 0 Å². The Morgan fingerprint density at radius 2 is 2.21 bits per heavy atom. The van der Waals surface area contributed by atoms with Crippen molar-refractivity contribution >= 4 is 11.6 Å². The second-order valence-corrected chi connectivity index (χ2v) is 4.31. The molecule has 6 nitrogen and oxygen atoms in total. The van der Waals surface area contributed by atoms with E-state index in [2.05, 4.69) is 15.1 Å². The van der Waals surface area contributed by atoms with Crippen LogP contribution in [0.15, 0.2) is 27.5 Å². The number of benzene rings is 1. The number of nitrogens with zero attached hydrogens (tertiary/aromatic N) is 1. The third kappa shape index (κ3) is 2.42. The van der Waals surface area contributed by atoms with Gasteiger partial charge in [-0.1, -0.05) is 29.8 Å². The van der Waals surface area contributed by atoms with E-state index in [1.165, 1.54) is 4.68 Å². The maximum absolute atomic E-state index is 12.1. The minimum atomic E-state index is -0.688. The van der Waals surface area contributed by atoms with Crippen molar-refractivity contribution < 1.29 is 14.0 Å². The molecule has 0 bridgehead atoms. The van der Waals surface area contributed by atoms with E-state index in [9.17, 15) is 9.59 Å². The normalized spacial score (nSPS) is 10.5. The van der Waals surface area contributed by atoms with E-state index in [4.69, 9.17) is 0 Å². The highest BCUT2D eigenvalue weighted by atomic mass is 16.5. The lowest BCUT2D eigenvalue weighted by Gasteiger charge is -2.10. The molecule has 2 N–H and O–H groups in total. The van der Waals surface area contributed by atoms with E-state index in [0.29, 0.717) is 0 Å². The van der Waals surface area contributed by atoms with E-state index in [0.717, 1.165) is 23.2 Å². The van der Waals surface area contributed by atoms with Gasteiger partial charge in [0.05, 0.1) is 0 Å². The van der Waals surface area contributed by atoms with Crippen LogP contribution in [0, 0.1) is 6.92 Å². The highest BCUT2D eigenvalue weighted by molar-refractivity contribution is 6.02. The number of H-pyrrole nitrogens is 1. The van der Waals surface area contributed by atoms with Gasteiger partial charge in [-0.25, -0.2) is 4.79 Å². The maximum atomic E-state index is 12.1. The molecule has 0 aliphatic carbocycles. The fourth-order valence-corrected chi connectivity index (χ4v) is 1.96. The summed E-state index contributed by atoms with van der Waals surface area (Å²) in [5, 5.41) is 5.09. The number of hydrogen-bond donors (Lipinski definition) is 2. The first-order valence-corrected chi connectivity index (χ1v) is 6.02. The lowest BCUT2D eigenvalue weighted by molar-refractivity contribution is -0.741. The molecule has 0 radical (unpaired) electrons. The Bertz CT molecular complexity index is 670. The van der Waals surface area contributed by atoms with Crippen molar-refractivity contribution in [2.75, 3.05) is 5.32 Å². The molecular formula is C13H16N3O3+. The summed E-state index contributed by atoms with van der Waals surface area (Å²) in [6.45, 7) is 3.92. The summed E-state index contributed by atoms with van der Waals surface area (Å²) in [5.74, 6) is -0.485. The highest BCUT2D eigenvalue weighted by Gasteiger charge is 2.27. The summed E-state index contributed by atoms with van der Waals surface area (Å²) in [6, 6.07) is 5.80. The van der Waals surface area contributed by atoms with Crippen LogP contribution in [0.2, 0.25) is 0 Å². The molecule has 19 heavy (non-hydrogen) atoms. The summed E-state index contributed by atoms with van der Waals surface area (Å²) in [7, 11) is 1.54. The summed E-state index contributed by atoms with van der Waals surface area (Å²) in [4.78, 5) is 23.6. The van der Waals surface area contributed by atoms with Crippen LogP contribution >= 0.6 is 0 Å². The van der Waals surface area contributed by atoms with Crippen LogP contribution in [0.1, 0.15) is 28.5 Å². The van der Waals surface area contributed by atoms with Crippen molar-refractivity contribution in [3.05, 3.63) is 45.4 Å². The molecule has 0 atom stereocenters. The standard InChI is InChI=1S/C13H15N3O3/c1-4-9-7-5-6-8(2)10(9)14-12(17)11-13(18)19-15-16(11)3/h5-7H,4H2,1-3H3,(H-,14,15,17,18)/p+1. The number of carbonyl (C=O) groups excluding carboxylic acids is 1. The maximum Gasteiger partial charge on any atom is 0.440 e. The monoisotopic (exact) mass is 262 g/mol. The van der Waals surface area contributed by atoms with Crippen molar-refractivity contribution in [1.82, 2.24) is 5.27 Å². The molecule has 1 heterocycles. The van der Waals surface area contributed by atoms with Gasteiger partial charge in [0.25, 0.3) is 0 Å². The highest BCUT2D eigenvalue weighted by Crippen LogP contribution is 2.21. The summed E-state index contributed by atoms with van der Waals surface area (Å²) in [5.41, 5.74) is 1.97. The number of amides is 1. The van der Waals surface area contributed by atoms with Gasteiger partial charge in [-0.05, 0) is 29.7 Å². The molecule has 0 aliphatic heterocycles. The van der Waals surface area contributed by atoms with Crippen LogP contribution in [0.3, 0.4) is 0 Å². The van der Waals surface area contributed by atoms with Crippen LogP contribution in [-0.4, -0.2) is 11.2 Å². The first-order chi connectivity index (χ1) is 9.04. The molecule has 0 fully saturated rings. The molecule has 1 aromatic carbocycles.